The molecule has 326 valence electrons. The van der Waals surface area contributed by atoms with Gasteiger partial charge in [0, 0.05) is 27.8 Å². The van der Waals surface area contributed by atoms with E-state index in [-0.39, 0.29) is 10.8 Å². The minimum atomic E-state index is -0.519. The maximum atomic E-state index is 6.64. The number of hydrogen-bond donors (Lipinski definition) is 0. The smallest absolute Gasteiger partial charge is 0.164 e. The lowest BCUT2D eigenvalue weighted by Crippen LogP contribution is -2.52. The van der Waals surface area contributed by atoms with Gasteiger partial charge in [0.25, 0.3) is 0 Å². The van der Waals surface area contributed by atoms with Crippen LogP contribution >= 0.6 is 0 Å². The average molecular weight is 860 g/mol. The van der Waals surface area contributed by atoms with Gasteiger partial charge in [-0.15, -0.1) is 0 Å². The summed E-state index contributed by atoms with van der Waals surface area (Å²) >= 11 is 0. The summed E-state index contributed by atoms with van der Waals surface area (Å²) < 4.78 is 6.64. The highest BCUT2D eigenvalue weighted by Crippen LogP contribution is 2.66. The van der Waals surface area contributed by atoms with Gasteiger partial charge in [0.1, 0.15) is 11.5 Å². The molecular weight excluding hydrogens is 803 g/mol. The number of para-hydroxylation sites is 2. The normalized spacial score (nSPS) is 31.8. The summed E-state index contributed by atoms with van der Waals surface area (Å²) in [5, 5.41) is 0. The molecule has 4 heteroatoms. The number of rotatable bonds is 5. The summed E-state index contributed by atoms with van der Waals surface area (Å²) in [6.07, 6.45) is 13.5. The molecular formula is C62H57N3O. The van der Waals surface area contributed by atoms with E-state index in [2.05, 4.69) is 153 Å². The van der Waals surface area contributed by atoms with Gasteiger partial charge in [-0.3, -0.25) is 0 Å². The maximum Gasteiger partial charge on any atom is 0.164 e. The third-order valence-electron chi connectivity index (χ3n) is 19.7. The van der Waals surface area contributed by atoms with Crippen molar-refractivity contribution in [3.05, 3.63) is 173 Å². The van der Waals surface area contributed by atoms with Gasteiger partial charge in [-0.25, -0.2) is 15.0 Å². The van der Waals surface area contributed by atoms with Gasteiger partial charge in [-0.1, -0.05) is 129 Å². The molecule has 8 unspecified atom stereocenters. The second-order valence-corrected chi connectivity index (χ2v) is 22.8. The van der Waals surface area contributed by atoms with E-state index in [1.165, 1.54) is 114 Å². The molecule has 8 fully saturated rings. The SMILES string of the molecule is CC1C2CC3C[C@@H]1CC(c1cccc(-c4nc(-c5ccc6c(c5)-c5ccccc5C65c6ccccc6Oc6ccccc65)nc(-c5ccccc5C56CC7CC(C5)C(C)[C@H](C7)C6)n4)c1)(C3)C2. The van der Waals surface area contributed by atoms with Gasteiger partial charge in [0.05, 0.1) is 5.41 Å². The molecule has 6 aromatic carbocycles. The van der Waals surface area contributed by atoms with Crippen LogP contribution in [0.2, 0.25) is 0 Å². The number of ether oxygens (including phenoxy) is 1. The van der Waals surface area contributed by atoms with E-state index < -0.39 is 5.41 Å². The molecule has 0 saturated heterocycles. The first-order chi connectivity index (χ1) is 32.4. The Morgan fingerprint density at radius 1 is 0.409 bits per heavy atom. The van der Waals surface area contributed by atoms with Gasteiger partial charge in [0.2, 0.25) is 0 Å². The lowest BCUT2D eigenvalue weighted by atomic mass is 9.45. The molecule has 8 bridgehead atoms. The van der Waals surface area contributed by atoms with Crippen LogP contribution in [0.4, 0.5) is 0 Å². The summed E-state index contributed by atoms with van der Waals surface area (Å²) in [5.74, 6) is 10.9. The van der Waals surface area contributed by atoms with Crippen LogP contribution in [0.15, 0.2) is 140 Å². The Morgan fingerprint density at radius 3 is 1.56 bits per heavy atom. The highest BCUT2D eigenvalue weighted by molar-refractivity contribution is 5.90. The molecule has 1 aliphatic heterocycles. The second-order valence-electron chi connectivity index (χ2n) is 22.8. The van der Waals surface area contributed by atoms with Gasteiger partial charge < -0.3 is 4.74 Å². The van der Waals surface area contributed by atoms with Crippen LogP contribution in [0, 0.1) is 47.3 Å². The van der Waals surface area contributed by atoms with Gasteiger partial charge in [-0.05, 0) is 180 Å². The van der Waals surface area contributed by atoms with Crippen molar-refractivity contribution in [3.8, 4) is 56.8 Å². The first-order valence-corrected chi connectivity index (χ1v) is 25.4. The summed E-state index contributed by atoms with van der Waals surface area (Å²) in [7, 11) is 0. The van der Waals surface area contributed by atoms with Crippen molar-refractivity contribution in [2.75, 3.05) is 0 Å². The zero-order valence-corrected chi connectivity index (χ0v) is 38.2. The van der Waals surface area contributed by atoms with Crippen LogP contribution in [0.25, 0.3) is 45.3 Å². The molecule has 0 radical (unpaired) electrons. The van der Waals surface area contributed by atoms with E-state index in [1.54, 1.807) is 0 Å². The van der Waals surface area contributed by atoms with Crippen LogP contribution in [-0.2, 0) is 16.2 Å². The monoisotopic (exact) mass is 859 g/mol. The minimum absolute atomic E-state index is 0.185. The fraction of sp³-hybridized carbons (Fsp3) is 0.371. The Bertz CT molecular complexity index is 3090. The summed E-state index contributed by atoms with van der Waals surface area (Å²) in [5.41, 5.74) is 13.6. The Labute approximate surface area is 389 Å². The molecule has 1 aromatic heterocycles. The Morgan fingerprint density at radius 2 is 0.909 bits per heavy atom. The van der Waals surface area contributed by atoms with Crippen molar-refractivity contribution < 1.29 is 4.74 Å². The predicted octanol–water partition coefficient (Wildman–Crippen LogP) is 14.8. The Hall–Kier alpha value is -5.87. The van der Waals surface area contributed by atoms with E-state index in [0.29, 0.717) is 0 Å². The van der Waals surface area contributed by atoms with Crippen LogP contribution in [-0.4, -0.2) is 15.0 Å². The first-order valence-electron chi connectivity index (χ1n) is 25.4. The highest BCUT2D eigenvalue weighted by Gasteiger charge is 2.57. The predicted molar refractivity (Wildman–Crippen MR) is 262 cm³/mol. The van der Waals surface area contributed by atoms with Crippen molar-refractivity contribution in [2.24, 2.45) is 47.3 Å². The Balaban J connectivity index is 0.919. The van der Waals surface area contributed by atoms with Crippen molar-refractivity contribution in [3.63, 3.8) is 0 Å². The van der Waals surface area contributed by atoms with Crippen molar-refractivity contribution in [2.45, 2.75) is 94.3 Å². The Kier molecular flexibility index (Phi) is 7.89. The third kappa shape index (κ3) is 5.19. The highest BCUT2D eigenvalue weighted by atomic mass is 16.5. The number of aromatic nitrogens is 3. The third-order valence-corrected chi connectivity index (χ3v) is 19.7. The zero-order valence-electron chi connectivity index (χ0n) is 38.2. The van der Waals surface area contributed by atoms with E-state index in [4.69, 9.17) is 19.7 Å². The topological polar surface area (TPSA) is 47.9 Å². The first kappa shape index (κ1) is 38.3. The van der Waals surface area contributed by atoms with Crippen molar-refractivity contribution in [1.82, 2.24) is 15.0 Å². The summed E-state index contributed by atoms with van der Waals surface area (Å²) in [6, 6.07) is 52.1. The quantitative estimate of drug-likeness (QED) is 0.173. The van der Waals surface area contributed by atoms with E-state index >= 15 is 0 Å². The molecule has 17 rings (SSSR count). The molecule has 0 N–H and O–H groups in total. The average Bonchev–Trinajstić information content (AvgIpc) is 3.64. The molecule has 66 heavy (non-hydrogen) atoms. The fourth-order valence-electron chi connectivity index (χ4n) is 17.1. The number of fused-ring (bicyclic) bond motifs is 9. The molecule has 10 atom stereocenters. The van der Waals surface area contributed by atoms with Crippen LogP contribution in [0.5, 0.6) is 11.5 Å². The minimum Gasteiger partial charge on any atom is -0.457 e. The number of benzene rings is 6. The van der Waals surface area contributed by atoms with Crippen LogP contribution in [0.3, 0.4) is 0 Å². The maximum absolute atomic E-state index is 6.64. The molecule has 9 aliphatic carbocycles. The number of hydrogen-bond acceptors (Lipinski definition) is 4. The second kappa shape index (κ2) is 13.6. The van der Waals surface area contributed by atoms with E-state index in [1.807, 2.05) is 0 Å². The summed E-state index contributed by atoms with van der Waals surface area (Å²) in [4.78, 5) is 16.7. The van der Waals surface area contributed by atoms with E-state index in [9.17, 15) is 0 Å². The lowest BCUT2D eigenvalue weighted by Gasteiger charge is -2.60. The van der Waals surface area contributed by atoms with E-state index in [0.717, 1.165) is 87.4 Å². The fourth-order valence-corrected chi connectivity index (χ4v) is 17.1. The zero-order chi connectivity index (χ0) is 43.5. The standard InChI is InChI=1S/C62H57N3O/c1-36-42-24-38-25-43(36)33-60(30-38,32-42)46-13-11-12-40(28-46)57-63-58(65-59(64-57)48-15-4-5-16-50(48)61-31-39-26-44(34-61)37(2)45(27-39)35-61)41-22-23-52-49(29-41)47-14-3-6-17-51(47)62(52)53-18-7-9-20-55(53)66-56-21-10-8-19-54(56)62/h3-23,28-29,36-39,42-45H,24-27,30-35H2,1-2H3/t36?,37?,38?,39?,42-,43?,44-,45?,60?,61?/m1/s1. The van der Waals surface area contributed by atoms with Crippen molar-refractivity contribution in [1.29, 1.82) is 0 Å². The van der Waals surface area contributed by atoms with Gasteiger partial charge in [-0.2, -0.15) is 0 Å². The summed E-state index contributed by atoms with van der Waals surface area (Å²) in [6.45, 7) is 5.09. The molecule has 7 aromatic rings. The van der Waals surface area contributed by atoms with Crippen LogP contribution < -0.4 is 4.74 Å². The number of nitrogens with zero attached hydrogens (tertiary/aromatic N) is 3. The van der Waals surface area contributed by atoms with Crippen LogP contribution in [0.1, 0.15) is 111 Å². The molecule has 10 aliphatic rings. The largest absolute Gasteiger partial charge is 0.457 e. The molecule has 0 amide bonds. The molecule has 2 heterocycles. The molecule has 8 saturated carbocycles. The molecule has 4 nitrogen and oxygen atoms in total. The van der Waals surface area contributed by atoms with Gasteiger partial charge >= 0.3 is 0 Å². The van der Waals surface area contributed by atoms with Crippen molar-refractivity contribution >= 4 is 0 Å². The lowest BCUT2D eigenvalue weighted by molar-refractivity contribution is -0.0489. The van der Waals surface area contributed by atoms with Gasteiger partial charge in [0.15, 0.2) is 17.5 Å². The molecule has 1 spiro atoms.